The maximum absolute atomic E-state index is 12.7. The quantitative estimate of drug-likeness (QED) is 0.254. The molecule has 0 saturated carbocycles. The fraction of sp³-hybridized carbons (Fsp3) is 0.143. The molecular weight excluding hydrogens is 210 g/mol. The van der Waals surface area contributed by atoms with Gasteiger partial charge in [0.25, 0.3) is 5.69 Å². The van der Waals surface area contributed by atoms with E-state index in [1.807, 2.05) is 0 Å². The lowest BCUT2D eigenvalue weighted by atomic mass is 10.1. The van der Waals surface area contributed by atoms with Gasteiger partial charge in [-0.3, -0.25) is 10.1 Å². The van der Waals surface area contributed by atoms with Crippen molar-refractivity contribution in [3.05, 3.63) is 49.9 Å². The maximum Gasteiger partial charge on any atom is 0.275 e. The van der Waals surface area contributed by atoms with E-state index in [0.717, 1.165) is 0 Å². The highest BCUT2D eigenvalue weighted by molar-refractivity contribution is 5.40. The van der Waals surface area contributed by atoms with Gasteiger partial charge in [-0.05, 0) is 11.6 Å². The second-order valence-electron chi connectivity index (χ2n) is 2.54. The number of nitro groups is 1. The second kappa shape index (κ2) is 4.34. The molecule has 0 aromatic heterocycles. The van der Waals surface area contributed by atoms with Gasteiger partial charge in [-0.1, -0.05) is 5.11 Å². The van der Waals surface area contributed by atoms with E-state index in [2.05, 4.69) is 10.0 Å². The Bertz CT molecular complexity index is 457. The number of benzene rings is 1. The first kappa shape index (κ1) is 10.9. The molecule has 0 amide bonds. The van der Waals surface area contributed by atoms with Crippen LogP contribution >= 0.6 is 0 Å². The minimum atomic E-state index is -1.31. The van der Waals surface area contributed by atoms with Crippen LogP contribution in [0.4, 0.5) is 14.5 Å². The fourth-order valence-corrected chi connectivity index (χ4v) is 0.982. The predicted octanol–water partition coefficient (Wildman–Crippen LogP) is 2.68. The standard InChI is InChI=1S/C7H4F2N4O2/c8-5-1-4(3-11-12-10)7(13(14)15)2-6(5)9/h1-2H,3H2. The van der Waals surface area contributed by atoms with Crippen LogP contribution in [0.1, 0.15) is 5.56 Å². The zero-order chi connectivity index (χ0) is 11.4. The summed E-state index contributed by atoms with van der Waals surface area (Å²) >= 11 is 0. The highest BCUT2D eigenvalue weighted by Gasteiger charge is 2.17. The van der Waals surface area contributed by atoms with Gasteiger partial charge in [0, 0.05) is 10.5 Å². The Labute approximate surface area is 81.9 Å². The van der Waals surface area contributed by atoms with Crippen LogP contribution in [0.2, 0.25) is 0 Å². The molecule has 0 bridgehead atoms. The summed E-state index contributed by atoms with van der Waals surface area (Å²) in [5, 5.41) is 13.5. The molecule has 0 aliphatic rings. The van der Waals surface area contributed by atoms with Crippen LogP contribution < -0.4 is 0 Å². The molecule has 78 valence electrons. The van der Waals surface area contributed by atoms with Crippen molar-refractivity contribution in [2.75, 3.05) is 0 Å². The molecule has 0 saturated heterocycles. The molecular formula is C7H4F2N4O2. The van der Waals surface area contributed by atoms with Crippen LogP contribution in [-0.2, 0) is 6.54 Å². The van der Waals surface area contributed by atoms with Crippen LogP contribution in [-0.4, -0.2) is 4.92 Å². The van der Waals surface area contributed by atoms with E-state index < -0.39 is 28.8 Å². The van der Waals surface area contributed by atoms with Crippen molar-refractivity contribution in [1.29, 1.82) is 0 Å². The zero-order valence-corrected chi connectivity index (χ0v) is 7.22. The van der Waals surface area contributed by atoms with Gasteiger partial charge in [-0.15, -0.1) is 0 Å². The Morgan fingerprint density at radius 3 is 2.60 bits per heavy atom. The molecule has 0 unspecified atom stereocenters. The summed E-state index contributed by atoms with van der Waals surface area (Å²) in [5.41, 5.74) is 7.22. The molecule has 0 radical (unpaired) electrons. The molecule has 6 nitrogen and oxygen atoms in total. The molecule has 1 aromatic rings. The van der Waals surface area contributed by atoms with Crippen LogP contribution in [0.3, 0.4) is 0 Å². The van der Waals surface area contributed by atoms with Gasteiger partial charge in [0.2, 0.25) is 0 Å². The third kappa shape index (κ3) is 2.38. The summed E-state index contributed by atoms with van der Waals surface area (Å²) in [6, 6.07) is 1.10. The van der Waals surface area contributed by atoms with Gasteiger partial charge < -0.3 is 0 Å². The Balaban J connectivity index is 3.27. The van der Waals surface area contributed by atoms with Crippen LogP contribution in [0, 0.1) is 21.7 Å². The highest BCUT2D eigenvalue weighted by atomic mass is 19.2. The SMILES string of the molecule is [N-]=[N+]=NCc1cc(F)c(F)cc1[N+](=O)[O-]. The first-order valence-corrected chi connectivity index (χ1v) is 3.69. The number of halogens is 2. The number of rotatable bonds is 3. The topological polar surface area (TPSA) is 91.9 Å². The Morgan fingerprint density at radius 2 is 2.07 bits per heavy atom. The number of hydrogen-bond acceptors (Lipinski definition) is 3. The van der Waals surface area contributed by atoms with Crippen molar-refractivity contribution >= 4 is 5.69 Å². The van der Waals surface area contributed by atoms with E-state index >= 15 is 0 Å². The van der Waals surface area contributed by atoms with Gasteiger partial charge in [0.05, 0.1) is 17.5 Å². The summed E-state index contributed by atoms with van der Waals surface area (Å²) in [7, 11) is 0. The van der Waals surface area contributed by atoms with E-state index in [0.29, 0.717) is 12.1 Å². The summed E-state index contributed by atoms with van der Waals surface area (Å²) in [6.45, 7) is -0.399. The van der Waals surface area contributed by atoms with Crippen molar-refractivity contribution in [2.45, 2.75) is 6.54 Å². The second-order valence-corrected chi connectivity index (χ2v) is 2.54. The molecule has 0 spiro atoms. The molecule has 0 atom stereocenters. The van der Waals surface area contributed by atoms with Gasteiger partial charge in [-0.25, -0.2) is 8.78 Å². The van der Waals surface area contributed by atoms with E-state index in [-0.39, 0.29) is 5.56 Å². The largest absolute Gasteiger partial charge is 0.275 e. The van der Waals surface area contributed by atoms with E-state index in [4.69, 9.17) is 5.53 Å². The highest BCUT2D eigenvalue weighted by Crippen LogP contribution is 2.22. The Kier molecular flexibility index (Phi) is 3.14. The average molecular weight is 214 g/mol. The summed E-state index contributed by atoms with van der Waals surface area (Å²) in [4.78, 5) is 11.9. The van der Waals surface area contributed by atoms with Crippen molar-refractivity contribution in [1.82, 2.24) is 0 Å². The van der Waals surface area contributed by atoms with Crippen molar-refractivity contribution in [3.63, 3.8) is 0 Å². The molecule has 1 rings (SSSR count). The van der Waals surface area contributed by atoms with Crippen molar-refractivity contribution in [3.8, 4) is 0 Å². The first-order chi connectivity index (χ1) is 7.06. The minimum absolute atomic E-state index is 0.170. The van der Waals surface area contributed by atoms with Gasteiger partial charge in [0.15, 0.2) is 11.6 Å². The molecule has 0 aliphatic heterocycles. The van der Waals surface area contributed by atoms with E-state index in [9.17, 15) is 18.9 Å². The maximum atomic E-state index is 12.7. The van der Waals surface area contributed by atoms with E-state index in [1.54, 1.807) is 0 Å². The van der Waals surface area contributed by atoms with Crippen LogP contribution in [0.25, 0.3) is 10.4 Å². The molecule has 1 aromatic carbocycles. The summed E-state index contributed by atoms with van der Waals surface area (Å²) in [6.07, 6.45) is 0. The monoisotopic (exact) mass is 214 g/mol. The Hall–Kier alpha value is -2.21. The third-order valence-electron chi connectivity index (χ3n) is 1.62. The van der Waals surface area contributed by atoms with Crippen LogP contribution in [0.15, 0.2) is 17.2 Å². The summed E-state index contributed by atoms with van der Waals surface area (Å²) < 4.78 is 25.4. The molecule has 0 aliphatic carbocycles. The predicted molar refractivity (Wildman–Crippen MR) is 45.9 cm³/mol. The molecule has 0 fully saturated rings. The number of nitrogens with zero attached hydrogens (tertiary/aromatic N) is 4. The normalized spacial score (nSPS) is 9.47. The van der Waals surface area contributed by atoms with Gasteiger partial charge >= 0.3 is 0 Å². The lowest BCUT2D eigenvalue weighted by Crippen LogP contribution is -1.97. The Morgan fingerprint density at radius 1 is 1.47 bits per heavy atom. The fourth-order valence-electron chi connectivity index (χ4n) is 0.982. The first-order valence-electron chi connectivity index (χ1n) is 3.69. The summed E-state index contributed by atoms with van der Waals surface area (Å²) in [5.74, 6) is -2.53. The average Bonchev–Trinajstić information content (AvgIpc) is 2.19. The van der Waals surface area contributed by atoms with Crippen molar-refractivity contribution in [2.24, 2.45) is 5.11 Å². The molecule has 0 heterocycles. The smallest absolute Gasteiger partial charge is 0.258 e. The lowest BCUT2D eigenvalue weighted by molar-refractivity contribution is -0.385. The molecule has 8 heteroatoms. The van der Waals surface area contributed by atoms with Gasteiger partial charge in [-0.2, -0.15) is 0 Å². The number of azide groups is 1. The third-order valence-corrected chi connectivity index (χ3v) is 1.62. The number of hydrogen-bond donors (Lipinski definition) is 0. The lowest BCUT2D eigenvalue weighted by Gasteiger charge is -2.00. The van der Waals surface area contributed by atoms with Crippen LogP contribution in [0.5, 0.6) is 0 Å². The molecule has 15 heavy (non-hydrogen) atoms. The zero-order valence-electron chi connectivity index (χ0n) is 7.22. The van der Waals surface area contributed by atoms with Gasteiger partial charge in [0.1, 0.15) is 0 Å². The molecule has 0 N–H and O–H groups in total. The minimum Gasteiger partial charge on any atom is -0.258 e. The van der Waals surface area contributed by atoms with E-state index in [1.165, 1.54) is 0 Å². The number of nitro benzene ring substituents is 1. The van der Waals surface area contributed by atoms with Crippen molar-refractivity contribution < 1.29 is 13.7 Å².